The lowest BCUT2D eigenvalue weighted by atomic mass is 10.1. The lowest BCUT2D eigenvalue weighted by Gasteiger charge is -2.30. The molecule has 0 spiro atoms. The molecular weight excluding hydrogens is 212 g/mol. The molecule has 0 bridgehead atoms. The van der Waals surface area contributed by atoms with Crippen LogP contribution in [0.4, 0.5) is 0 Å². The molecule has 0 rings (SSSR count). The average molecular weight is 236 g/mol. The van der Waals surface area contributed by atoms with Gasteiger partial charge in [0, 0.05) is 6.61 Å². The Morgan fingerprint density at radius 1 is 1.21 bits per heavy atom. The highest BCUT2D eigenvalue weighted by Gasteiger charge is 2.33. The van der Waals surface area contributed by atoms with Gasteiger partial charge in [0.1, 0.15) is 0 Å². The van der Waals surface area contributed by atoms with Gasteiger partial charge in [0.05, 0.1) is 0 Å². The zero-order chi connectivity index (χ0) is 11.4. The van der Waals surface area contributed by atoms with Crippen molar-refractivity contribution in [2.24, 2.45) is 5.92 Å². The second kappa shape index (κ2) is 5.41. The molecule has 5 heteroatoms. The minimum absolute atomic E-state index is 0.564. The maximum absolute atomic E-state index is 9.65. The van der Waals surface area contributed by atoms with Crippen molar-refractivity contribution in [1.29, 1.82) is 0 Å². The van der Waals surface area contributed by atoms with Gasteiger partial charge < -0.3 is 13.3 Å². The Balaban J connectivity index is 3.95. The first-order chi connectivity index (χ1) is 6.16. The summed E-state index contributed by atoms with van der Waals surface area (Å²) in [5.41, 5.74) is 0. The molecule has 1 N–H and O–H groups in total. The smallest absolute Gasteiger partial charge is 0.322 e. The van der Waals surface area contributed by atoms with Gasteiger partial charge in [0.2, 0.25) is 0 Å². The summed E-state index contributed by atoms with van der Waals surface area (Å²) >= 11 is 0. The molecule has 0 aliphatic carbocycles. The summed E-state index contributed by atoms with van der Waals surface area (Å²) < 4.78 is 11.4. The van der Waals surface area contributed by atoms with E-state index in [4.69, 9.17) is 8.54 Å². The Labute approximate surface area is 89.9 Å². The van der Waals surface area contributed by atoms with Crippen LogP contribution in [0.15, 0.2) is 0 Å². The van der Waals surface area contributed by atoms with Gasteiger partial charge in [-0.25, -0.2) is 0 Å². The molecule has 3 nitrogen and oxygen atoms in total. The standard InChI is InChI=1S/C9H24O3Si2/c1-7-9(2)8-11-14(5,6)12-13(3,4)10/h9-10H,7-8H2,1-6H3. The van der Waals surface area contributed by atoms with Gasteiger partial charge in [0.15, 0.2) is 0 Å². The predicted molar refractivity (Wildman–Crippen MR) is 63.7 cm³/mol. The van der Waals surface area contributed by atoms with Crippen LogP contribution >= 0.6 is 0 Å². The molecule has 86 valence electrons. The molecule has 14 heavy (non-hydrogen) atoms. The molecule has 0 aliphatic rings. The fourth-order valence-corrected chi connectivity index (χ4v) is 6.83. The van der Waals surface area contributed by atoms with Gasteiger partial charge in [-0.1, -0.05) is 20.3 Å². The van der Waals surface area contributed by atoms with E-state index in [2.05, 4.69) is 13.8 Å². The van der Waals surface area contributed by atoms with Crippen LogP contribution < -0.4 is 0 Å². The predicted octanol–water partition coefficient (Wildman–Crippen LogP) is 2.46. The first-order valence-corrected chi connectivity index (χ1v) is 10.9. The SMILES string of the molecule is CCC(C)CO[Si](C)(C)O[Si](C)(C)O. The molecule has 0 fully saturated rings. The van der Waals surface area contributed by atoms with Crippen molar-refractivity contribution in [2.75, 3.05) is 6.61 Å². The second-order valence-electron chi connectivity index (χ2n) is 4.77. The van der Waals surface area contributed by atoms with Crippen LogP contribution in [0, 0.1) is 5.92 Å². The average Bonchev–Trinajstić information content (AvgIpc) is 1.96. The molecule has 0 saturated heterocycles. The van der Waals surface area contributed by atoms with Crippen molar-refractivity contribution in [3.63, 3.8) is 0 Å². The summed E-state index contributed by atoms with van der Waals surface area (Å²) in [6.45, 7) is 12.6. The molecule has 0 aromatic carbocycles. The molecule has 0 saturated carbocycles. The van der Waals surface area contributed by atoms with Gasteiger partial charge in [-0.05, 0) is 32.1 Å². The van der Waals surface area contributed by atoms with E-state index in [-0.39, 0.29) is 0 Å². The molecular formula is C9H24O3Si2. The van der Waals surface area contributed by atoms with E-state index in [9.17, 15) is 4.80 Å². The Hall–Kier alpha value is 0.314. The number of rotatable bonds is 6. The number of hydrogen-bond donors (Lipinski definition) is 1. The Bertz CT molecular complexity index is 166. The molecule has 0 aromatic rings. The normalized spacial score (nSPS) is 15.6. The topological polar surface area (TPSA) is 38.7 Å². The van der Waals surface area contributed by atoms with E-state index in [1.54, 1.807) is 13.1 Å². The molecule has 0 radical (unpaired) electrons. The Morgan fingerprint density at radius 3 is 2.07 bits per heavy atom. The van der Waals surface area contributed by atoms with Crippen molar-refractivity contribution in [2.45, 2.75) is 46.5 Å². The molecule has 0 aromatic heterocycles. The third-order valence-electron chi connectivity index (χ3n) is 1.91. The summed E-state index contributed by atoms with van der Waals surface area (Å²) in [6.07, 6.45) is 1.12. The zero-order valence-corrected chi connectivity index (χ0v) is 12.3. The fraction of sp³-hybridized carbons (Fsp3) is 1.00. The lowest BCUT2D eigenvalue weighted by Crippen LogP contribution is -2.47. The van der Waals surface area contributed by atoms with E-state index in [1.165, 1.54) is 0 Å². The second-order valence-corrected chi connectivity index (χ2v) is 11.6. The molecule has 0 aliphatic heterocycles. The van der Waals surface area contributed by atoms with Crippen LogP contribution in [-0.2, 0) is 8.54 Å². The quantitative estimate of drug-likeness (QED) is 0.720. The van der Waals surface area contributed by atoms with Gasteiger partial charge in [-0.15, -0.1) is 0 Å². The molecule has 1 unspecified atom stereocenters. The van der Waals surface area contributed by atoms with Crippen molar-refractivity contribution < 1.29 is 13.3 Å². The van der Waals surface area contributed by atoms with Crippen LogP contribution in [0.5, 0.6) is 0 Å². The summed E-state index contributed by atoms with van der Waals surface area (Å²) in [7, 11) is -4.54. The highest BCUT2D eigenvalue weighted by Crippen LogP contribution is 2.15. The van der Waals surface area contributed by atoms with E-state index in [1.807, 2.05) is 13.1 Å². The van der Waals surface area contributed by atoms with Crippen LogP contribution in [0.25, 0.3) is 0 Å². The Kier molecular flexibility index (Phi) is 5.53. The van der Waals surface area contributed by atoms with Gasteiger partial charge >= 0.3 is 17.1 Å². The summed E-state index contributed by atoms with van der Waals surface area (Å²) in [6, 6.07) is 0. The van der Waals surface area contributed by atoms with Gasteiger partial charge in [-0.3, -0.25) is 0 Å². The van der Waals surface area contributed by atoms with Crippen molar-refractivity contribution in [1.82, 2.24) is 0 Å². The minimum Gasteiger partial charge on any atom is -0.415 e. The number of hydrogen-bond acceptors (Lipinski definition) is 3. The molecule has 1 atom stereocenters. The van der Waals surface area contributed by atoms with Gasteiger partial charge in [-0.2, -0.15) is 0 Å². The first kappa shape index (κ1) is 14.3. The fourth-order valence-electron chi connectivity index (χ4n) is 1.09. The summed E-state index contributed by atoms with van der Waals surface area (Å²) in [4.78, 5) is 9.65. The summed E-state index contributed by atoms with van der Waals surface area (Å²) in [5.74, 6) is 0.564. The highest BCUT2D eigenvalue weighted by molar-refractivity contribution is 6.78. The molecule has 0 heterocycles. The Morgan fingerprint density at radius 2 is 1.71 bits per heavy atom. The van der Waals surface area contributed by atoms with E-state index in [0.717, 1.165) is 13.0 Å². The van der Waals surface area contributed by atoms with E-state index >= 15 is 0 Å². The monoisotopic (exact) mass is 236 g/mol. The van der Waals surface area contributed by atoms with E-state index in [0.29, 0.717) is 5.92 Å². The maximum Gasteiger partial charge on any atom is 0.322 e. The largest absolute Gasteiger partial charge is 0.415 e. The van der Waals surface area contributed by atoms with Crippen LogP contribution in [-0.4, -0.2) is 28.5 Å². The van der Waals surface area contributed by atoms with Crippen molar-refractivity contribution >= 4 is 17.1 Å². The highest BCUT2D eigenvalue weighted by atomic mass is 28.5. The maximum atomic E-state index is 9.65. The summed E-state index contributed by atoms with van der Waals surface area (Å²) in [5, 5.41) is 0. The first-order valence-electron chi connectivity index (χ1n) is 5.23. The van der Waals surface area contributed by atoms with Crippen molar-refractivity contribution in [3.8, 4) is 0 Å². The third kappa shape index (κ3) is 7.69. The molecule has 0 amide bonds. The van der Waals surface area contributed by atoms with Crippen molar-refractivity contribution in [3.05, 3.63) is 0 Å². The van der Waals surface area contributed by atoms with Gasteiger partial charge in [0.25, 0.3) is 0 Å². The van der Waals surface area contributed by atoms with Crippen LogP contribution in [0.3, 0.4) is 0 Å². The zero-order valence-electron chi connectivity index (χ0n) is 10.3. The third-order valence-corrected chi connectivity index (χ3v) is 6.73. The van der Waals surface area contributed by atoms with Crippen LogP contribution in [0.1, 0.15) is 20.3 Å². The van der Waals surface area contributed by atoms with E-state index < -0.39 is 17.1 Å². The minimum atomic E-state index is -2.44. The lowest BCUT2D eigenvalue weighted by molar-refractivity contribution is 0.194. The van der Waals surface area contributed by atoms with Crippen LogP contribution in [0.2, 0.25) is 26.2 Å².